The van der Waals surface area contributed by atoms with Crippen molar-refractivity contribution < 1.29 is 4.74 Å². The molecule has 182 valence electrons. The molecule has 0 aliphatic heterocycles. The zero-order valence-corrected chi connectivity index (χ0v) is 20.2. The van der Waals surface area contributed by atoms with E-state index in [0.717, 1.165) is 68.6 Å². The Bertz CT molecular complexity index is 1700. The number of rotatable bonds is 5. The van der Waals surface area contributed by atoms with Crippen molar-refractivity contribution in [2.24, 2.45) is 0 Å². The molecule has 1 fully saturated rings. The van der Waals surface area contributed by atoms with E-state index in [4.69, 9.17) is 9.72 Å². The number of aromatic amines is 2. The quantitative estimate of drug-likeness (QED) is 0.294. The maximum absolute atomic E-state index is 6.26. The van der Waals surface area contributed by atoms with Gasteiger partial charge in [0.1, 0.15) is 17.0 Å². The van der Waals surface area contributed by atoms with Gasteiger partial charge < -0.3 is 9.72 Å². The van der Waals surface area contributed by atoms with Gasteiger partial charge in [-0.25, -0.2) is 4.98 Å². The van der Waals surface area contributed by atoms with Crippen molar-refractivity contribution in [3.63, 3.8) is 0 Å². The SMILES string of the molecule is c1cc(-c2nccc3[nH]c(-c4n[nH]c5ccc(-c6cncc(OC7CCCCC7)c6)cc45)nc23)ccn1. The van der Waals surface area contributed by atoms with E-state index in [0.29, 0.717) is 5.82 Å². The molecule has 6 aromatic rings. The molecule has 0 radical (unpaired) electrons. The molecule has 7 rings (SSSR count). The molecule has 5 heterocycles. The molecule has 8 heteroatoms. The largest absolute Gasteiger partial charge is 0.489 e. The molecule has 2 N–H and O–H groups in total. The van der Waals surface area contributed by atoms with Gasteiger partial charge in [-0.05, 0) is 67.6 Å². The summed E-state index contributed by atoms with van der Waals surface area (Å²) in [4.78, 5) is 21.5. The highest BCUT2D eigenvalue weighted by Crippen LogP contribution is 2.33. The van der Waals surface area contributed by atoms with Crippen LogP contribution in [0.25, 0.3) is 55.8 Å². The summed E-state index contributed by atoms with van der Waals surface area (Å²) in [5.74, 6) is 1.51. The van der Waals surface area contributed by atoms with Gasteiger partial charge in [0, 0.05) is 41.3 Å². The first-order valence-electron chi connectivity index (χ1n) is 12.7. The third-order valence-corrected chi connectivity index (χ3v) is 7.04. The Morgan fingerprint density at radius 1 is 0.757 bits per heavy atom. The Balaban J connectivity index is 1.26. The minimum atomic E-state index is 0.286. The summed E-state index contributed by atoms with van der Waals surface area (Å²) >= 11 is 0. The molecule has 0 spiro atoms. The second-order valence-corrected chi connectivity index (χ2v) is 9.50. The molecule has 0 saturated heterocycles. The van der Waals surface area contributed by atoms with Crippen molar-refractivity contribution in [3.8, 4) is 39.7 Å². The van der Waals surface area contributed by atoms with Crippen LogP contribution in [0.5, 0.6) is 5.75 Å². The van der Waals surface area contributed by atoms with Crippen LogP contribution < -0.4 is 4.74 Å². The van der Waals surface area contributed by atoms with Crippen molar-refractivity contribution >= 4 is 21.9 Å². The average molecular weight is 488 g/mol. The number of nitrogens with one attached hydrogen (secondary N) is 2. The second-order valence-electron chi connectivity index (χ2n) is 9.50. The fraction of sp³-hybridized carbons (Fsp3) is 0.207. The lowest BCUT2D eigenvalue weighted by Gasteiger charge is -2.23. The molecule has 1 aromatic carbocycles. The van der Waals surface area contributed by atoms with Crippen LogP contribution >= 0.6 is 0 Å². The smallest absolute Gasteiger partial charge is 0.159 e. The van der Waals surface area contributed by atoms with E-state index in [1.165, 1.54) is 19.3 Å². The van der Waals surface area contributed by atoms with Gasteiger partial charge in [0.15, 0.2) is 5.82 Å². The van der Waals surface area contributed by atoms with E-state index in [-0.39, 0.29) is 6.10 Å². The van der Waals surface area contributed by atoms with Crippen LogP contribution in [0.15, 0.2) is 73.4 Å². The zero-order valence-electron chi connectivity index (χ0n) is 20.2. The summed E-state index contributed by atoms with van der Waals surface area (Å²) in [5.41, 5.74) is 7.24. The fourth-order valence-corrected chi connectivity index (χ4v) is 5.16. The maximum Gasteiger partial charge on any atom is 0.159 e. The monoisotopic (exact) mass is 487 g/mol. The van der Waals surface area contributed by atoms with Crippen molar-refractivity contribution in [2.75, 3.05) is 0 Å². The van der Waals surface area contributed by atoms with Crippen LogP contribution in [0.1, 0.15) is 32.1 Å². The highest BCUT2D eigenvalue weighted by Gasteiger charge is 2.18. The van der Waals surface area contributed by atoms with E-state index < -0.39 is 0 Å². The van der Waals surface area contributed by atoms with Crippen LogP contribution in [-0.4, -0.2) is 41.2 Å². The normalized spacial score (nSPS) is 14.4. The van der Waals surface area contributed by atoms with Gasteiger partial charge >= 0.3 is 0 Å². The zero-order chi connectivity index (χ0) is 24.6. The Morgan fingerprint density at radius 3 is 2.54 bits per heavy atom. The third kappa shape index (κ3) is 4.10. The minimum Gasteiger partial charge on any atom is -0.489 e. The Morgan fingerprint density at radius 2 is 1.65 bits per heavy atom. The summed E-state index contributed by atoms with van der Waals surface area (Å²) in [6.07, 6.45) is 15.3. The summed E-state index contributed by atoms with van der Waals surface area (Å²) in [7, 11) is 0. The number of ether oxygens (including phenoxy) is 1. The van der Waals surface area contributed by atoms with Gasteiger partial charge in [0.05, 0.1) is 29.0 Å². The molecule has 1 saturated carbocycles. The lowest BCUT2D eigenvalue weighted by atomic mass is 9.98. The molecule has 5 aromatic heterocycles. The fourth-order valence-electron chi connectivity index (χ4n) is 5.16. The molecular formula is C29H25N7O. The highest BCUT2D eigenvalue weighted by molar-refractivity contribution is 5.97. The van der Waals surface area contributed by atoms with Gasteiger partial charge in [-0.15, -0.1) is 0 Å². The number of benzene rings is 1. The Kier molecular flexibility index (Phi) is 5.35. The van der Waals surface area contributed by atoms with Crippen LogP contribution in [0.3, 0.4) is 0 Å². The van der Waals surface area contributed by atoms with Crippen molar-refractivity contribution in [1.29, 1.82) is 0 Å². The van der Waals surface area contributed by atoms with Crippen LogP contribution in [0, 0.1) is 0 Å². The average Bonchev–Trinajstić information content (AvgIpc) is 3.58. The molecule has 8 nitrogen and oxygen atoms in total. The molecule has 0 unspecified atom stereocenters. The summed E-state index contributed by atoms with van der Waals surface area (Å²) in [6, 6.07) is 14.1. The first-order chi connectivity index (χ1) is 18.3. The van der Waals surface area contributed by atoms with E-state index in [9.17, 15) is 0 Å². The van der Waals surface area contributed by atoms with Gasteiger partial charge in [-0.1, -0.05) is 12.5 Å². The molecule has 1 aliphatic rings. The van der Waals surface area contributed by atoms with Crippen LogP contribution in [-0.2, 0) is 0 Å². The number of hydrogen-bond donors (Lipinski definition) is 2. The Labute approximate surface area is 213 Å². The summed E-state index contributed by atoms with van der Waals surface area (Å²) in [6.45, 7) is 0. The van der Waals surface area contributed by atoms with E-state index in [2.05, 4.69) is 48.3 Å². The van der Waals surface area contributed by atoms with Gasteiger partial charge in [-0.3, -0.25) is 20.1 Å². The Hall–Kier alpha value is -4.59. The van der Waals surface area contributed by atoms with Crippen LogP contribution in [0.2, 0.25) is 0 Å². The molecule has 0 amide bonds. The predicted octanol–water partition coefficient (Wildman–Crippen LogP) is 6.34. The standard InChI is InChI=1S/C29H25N7O/c1-2-4-21(5-3-1)37-22-14-20(16-31-17-22)19-6-7-24-23(15-19)27(36-35-24)29-33-25-10-13-32-26(28(25)34-29)18-8-11-30-12-9-18/h6-17,21H,1-5H2,(H,33,34)(H,35,36). The summed E-state index contributed by atoms with van der Waals surface area (Å²) < 4.78 is 6.26. The number of aromatic nitrogens is 7. The van der Waals surface area contributed by atoms with E-state index in [1.54, 1.807) is 18.6 Å². The van der Waals surface area contributed by atoms with E-state index in [1.807, 2.05) is 36.7 Å². The third-order valence-electron chi connectivity index (χ3n) is 7.04. The first kappa shape index (κ1) is 21.7. The van der Waals surface area contributed by atoms with Crippen molar-refractivity contribution in [3.05, 3.63) is 73.4 Å². The molecular weight excluding hydrogens is 462 g/mol. The lowest BCUT2D eigenvalue weighted by molar-refractivity contribution is 0.154. The maximum atomic E-state index is 6.26. The number of fused-ring (bicyclic) bond motifs is 2. The van der Waals surface area contributed by atoms with Gasteiger partial charge in [0.2, 0.25) is 0 Å². The van der Waals surface area contributed by atoms with Crippen LogP contribution in [0.4, 0.5) is 0 Å². The molecule has 0 atom stereocenters. The van der Waals surface area contributed by atoms with Gasteiger partial charge in [0.25, 0.3) is 0 Å². The minimum absolute atomic E-state index is 0.286. The van der Waals surface area contributed by atoms with E-state index >= 15 is 0 Å². The predicted molar refractivity (Wildman–Crippen MR) is 143 cm³/mol. The highest BCUT2D eigenvalue weighted by atomic mass is 16.5. The van der Waals surface area contributed by atoms with Gasteiger partial charge in [-0.2, -0.15) is 5.10 Å². The molecule has 37 heavy (non-hydrogen) atoms. The molecule has 1 aliphatic carbocycles. The molecule has 0 bridgehead atoms. The lowest BCUT2D eigenvalue weighted by Crippen LogP contribution is -2.19. The topological polar surface area (TPSA) is 105 Å². The first-order valence-corrected chi connectivity index (χ1v) is 12.7. The summed E-state index contributed by atoms with van der Waals surface area (Å²) in [5, 5.41) is 8.73. The second kappa shape index (κ2) is 9.13. The van der Waals surface area contributed by atoms with Crippen molar-refractivity contribution in [2.45, 2.75) is 38.2 Å². The number of hydrogen-bond acceptors (Lipinski definition) is 6. The number of nitrogens with zero attached hydrogens (tertiary/aromatic N) is 5. The van der Waals surface area contributed by atoms with Crippen molar-refractivity contribution in [1.82, 2.24) is 35.1 Å². The number of H-pyrrole nitrogens is 2. The number of pyridine rings is 3. The number of imidazole rings is 1.